The first-order valence-corrected chi connectivity index (χ1v) is 12.4. The van der Waals surface area contributed by atoms with E-state index in [9.17, 15) is 18.0 Å². The van der Waals surface area contributed by atoms with Crippen LogP contribution in [0.1, 0.15) is 36.9 Å². The minimum Gasteiger partial charge on any atom is -0.335 e. The van der Waals surface area contributed by atoms with Gasteiger partial charge in [-0.05, 0) is 42.7 Å². The Morgan fingerprint density at radius 1 is 1.06 bits per heavy atom. The maximum Gasteiger partial charge on any atom is 0.238 e. The highest BCUT2D eigenvalue weighted by Gasteiger charge is 2.42. The average Bonchev–Trinajstić information content (AvgIpc) is 3.32. The van der Waals surface area contributed by atoms with Gasteiger partial charge in [-0.25, -0.2) is 8.42 Å². The standard InChI is InChI=1S/C24H28N2O4S/c1-17(19-10-6-3-7-11-19)26-15-21(14-23(26)27)24(28)25-31(29,30)16-22-13-20(22)12-18-8-4-2-5-9-18/h2-11,17,20-22H,12-16H2,1H3,(H,25,28). The third kappa shape index (κ3) is 5.34. The Bertz CT molecular complexity index is 1040. The van der Waals surface area contributed by atoms with E-state index in [4.69, 9.17) is 0 Å². The summed E-state index contributed by atoms with van der Waals surface area (Å²) in [5.74, 6) is -0.973. The molecule has 1 N–H and O–H groups in total. The van der Waals surface area contributed by atoms with Crippen molar-refractivity contribution in [2.24, 2.45) is 17.8 Å². The molecule has 7 heteroatoms. The van der Waals surface area contributed by atoms with Crippen LogP contribution in [0, 0.1) is 17.8 Å². The number of rotatable bonds is 8. The van der Waals surface area contributed by atoms with Crippen molar-refractivity contribution in [1.82, 2.24) is 9.62 Å². The fourth-order valence-corrected chi connectivity index (χ4v) is 5.96. The van der Waals surface area contributed by atoms with Crippen molar-refractivity contribution in [2.75, 3.05) is 12.3 Å². The molecule has 1 saturated heterocycles. The third-order valence-corrected chi connectivity index (χ3v) is 7.76. The number of benzene rings is 2. The first-order valence-electron chi connectivity index (χ1n) is 10.7. The Morgan fingerprint density at radius 2 is 1.71 bits per heavy atom. The fourth-order valence-electron chi connectivity index (χ4n) is 4.43. The molecular weight excluding hydrogens is 412 g/mol. The molecule has 0 bridgehead atoms. The van der Waals surface area contributed by atoms with Gasteiger partial charge >= 0.3 is 0 Å². The van der Waals surface area contributed by atoms with Crippen LogP contribution in [0.25, 0.3) is 0 Å². The van der Waals surface area contributed by atoms with Gasteiger partial charge in [0.05, 0.1) is 17.7 Å². The van der Waals surface area contributed by atoms with E-state index in [0.29, 0.717) is 5.92 Å². The number of hydrogen-bond donors (Lipinski definition) is 1. The van der Waals surface area contributed by atoms with E-state index in [1.54, 1.807) is 4.90 Å². The average molecular weight is 441 g/mol. The molecule has 2 fully saturated rings. The number of sulfonamides is 1. The van der Waals surface area contributed by atoms with E-state index in [-0.39, 0.29) is 36.6 Å². The second-order valence-electron chi connectivity index (χ2n) is 8.73. The third-order valence-electron chi connectivity index (χ3n) is 6.38. The molecule has 1 aliphatic carbocycles. The summed E-state index contributed by atoms with van der Waals surface area (Å²) in [4.78, 5) is 26.7. The van der Waals surface area contributed by atoms with Crippen molar-refractivity contribution in [3.63, 3.8) is 0 Å². The molecule has 31 heavy (non-hydrogen) atoms. The van der Waals surface area contributed by atoms with Gasteiger partial charge in [-0.15, -0.1) is 0 Å². The van der Waals surface area contributed by atoms with Crippen molar-refractivity contribution in [3.05, 3.63) is 71.8 Å². The quantitative estimate of drug-likeness (QED) is 0.684. The normalized spacial score (nSPS) is 24.1. The van der Waals surface area contributed by atoms with Crippen LogP contribution in [0.5, 0.6) is 0 Å². The van der Waals surface area contributed by atoms with E-state index >= 15 is 0 Å². The van der Waals surface area contributed by atoms with E-state index in [1.165, 1.54) is 5.56 Å². The molecule has 2 aromatic carbocycles. The van der Waals surface area contributed by atoms with Crippen LogP contribution in [-0.2, 0) is 26.0 Å². The zero-order valence-electron chi connectivity index (χ0n) is 17.6. The number of carbonyl (C=O) groups excluding carboxylic acids is 2. The van der Waals surface area contributed by atoms with E-state index in [2.05, 4.69) is 4.72 Å². The molecule has 0 radical (unpaired) electrons. The minimum absolute atomic E-state index is 0.0403. The second kappa shape index (κ2) is 8.83. The Labute approximate surface area is 183 Å². The van der Waals surface area contributed by atoms with E-state index in [1.807, 2.05) is 67.6 Å². The lowest BCUT2D eigenvalue weighted by Crippen LogP contribution is -2.39. The Balaban J connectivity index is 1.29. The molecular formula is C24H28N2O4S. The van der Waals surface area contributed by atoms with Gasteiger partial charge in [0, 0.05) is 13.0 Å². The zero-order chi connectivity index (χ0) is 22.0. The van der Waals surface area contributed by atoms with Gasteiger partial charge in [0.15, 0.2) is 0 Å². The van der Waals surface area contributed by atoms with Crippen molar-refractivity contribution in [2.45, 2.75) is 32.2 Å². The zero-order valence-corrected chi connectivity index (χ0v) is 18.4. The van der Waals surface area contributed by atoms with E-state index < -0.39 is 21.8 Å². The summed E-state index contributed by atoms with van der Waals surface area (Å²) < 4.78 is 27.3. The summed E-state index contributed by atoms with van der Waals surface area (Å²) in [5.41, 5.74) is 2.19. The first kappa shape index (κ1) is 21.6. The lowest BCUT2D eigenvalue weighted by atomic mass is 10.1. The monoisotopic (exact) mass is 440 g/mol. The molecule has 1 heterocycles. The summed E-state index contributed by atoms with van der Waals surface area (Å²) in [5, 5.41) is 0. The lowest BCUT2D eigenvalue weighted by Gasteiger charge is -2.25. The fraction of sp³-hybridized carbons (Fsp3) is 0.417. The Kier molecular flexibility index (Phi) is 6.14. The summed E-state index contributed by atoms with van der Waals surface area (Å²) in [6, 6.07) is 19.5. The molecule has 164 valence electrons. The lowest BCUT2D eigenvalue weighted by molar-refractivity contribution is -0.130. The summed E-state index contributed by atoms with van der Waals surface area (Å²) in [7, 11) is -3.72. The maximum atomic E-state index is 12.6. The Hall–Kier alpha value is -2.67. The molecule has 4 rings (SSSR count). The smallest absolute Gasteiger partial charge is 0.238 e. The van der Waals surface area contributed by atoms with Crippen LogP contribution in [-0.4, -0.2) is 37.4 Å². The number of carbonyl (C=O) groups is 2. The molecule has 2 aliphatic rings. The van der Waals surface area contributed by atoms with Gasteiger partial charge in [0.2, 0.25) is 21.8 Å². The molecule has 1 aliphatic heterocycles. The van der Waals surface area contributed by atoms with Crippen molar-refractivity contribution >= 4 is 21.8 Å². The predicted octanol–water partition coefficient (Wildman–Crippen LogP) is 2.92. The topological polar surface area (TPSA) is 83.6 Å². The van der Waals surface area contributed by atoms with Crippen molar-refractivity contribution in [3.8, 4) is 0 Å². The van der Waals surface area contributed by atoms with Crippen LogP contribution < -0.4 is 4.72 Å². The molecule has 2 amide bonds. The first-order chi connectivity index (χ1) is 14.8. The second-order valence-corrected chi connectivity index (χ2v) is 10.5. The number of nitrogens with zero attached hydrogens (tertiary/aromatic N) is 1. The SMILES string of the molecule is CC(c1ccccc1)N1CC(C(=O)NS(=O)(=O)CC2CC2Cc2ccccc2)CC1=O. The largest absolute Gasteiger partial charge is 0.335 e. The highest BCUT2D eigenvalue weighted by atomic mass is 32.2. The predicted molar refractivity (Wildman–Crippen MR) is 118 cm³/mol. The molecule has 0 aromatic heterocycles. The van der Waals surface area contributed by atoms with Gasteiger partial charge in [0.1, 0.15) is 0 Å². The van der Waals surface area contributed by atoms with Gasteiger partial charge in [-0.3, -0.25) is 14.3 Å². The summed E-state index contributed by atoms with van der Waals surface area (Å²) in [6.45, 7) is 2.15. The molecule has 2 aromatic rings. The minimum atomic E-state index is -3.72. The van der Waals surface area contributed by atoms with Gasteiger partial charge in [0.25, 0.3) is 0 Å². The summed E-state index contributed by atoms with van der Waals surface area (Å²) in [6.07, 6.45) is 1.76. The van der Waals surface area contributed by atoms with Gasteiger partial charge in [-0.2, -0.15) is 0 Å². The maximum absolute atomic E-state index is 12.6. The highest BCUT2D eigenvalue weighted by Crippen LogP contribution is 2.42. The van der Waals surface area contributed by atoms with E-state index in [0.717, 1.165) is 18.4 Å². The molecule has 1 saturated carbocycles. The number of likely N-dealkylation sites (tertiary alicyclic amines) is 1. The number of amides is 2. The number of nitrogens with one attached hydrogen (secondary N) is 1. The van der Waals surface area contributed by atoms with Gasteiger partial charge < -0.3 is 4.90 Å². The van der Waals surface area contributed by atoms with Crippen molar-refractivity contribution < 1.29 is 18.0 Å². The number of hydrogen-bond acceptors (Lipinski definition) is 4. The van der Waals surface area contributed by atoms with Gasteiger partial charge in [-0.1, -0.05) is 60.7 Å². The Morgan fingerprint density at radius 3 is 2.39 bits per heavy atom. The van der Waals surface area contributed by atoms with Crippen LogP contribution >= 0.6 is 0 Å². The molecule has 4 atom stereocenters. The molecule has 4 unspecified atom stereocenters. The molecule has 0 spiro atoms. The van der Waals surface area contributed by atoms with Crippen LogP contribution in [0.3, 0.4) is 0 Å². The highest BCUT2D eigenvalue weighted by molar-refractivity contribution is 7.90. The van der Waals surface area contributed by atoms with Crippen molar-refractivity contribution in [1.29, 1.82) is 0 Å². The van der Waals surface area contributed by atoms with Crippen LogP contribution in [0.2, 0.25) is 0 Å². The van der Waals surface area contributed by atoms with Crippen LogP contribution in [0.4, 0.5) is 0 Å². The summed E-state index contributed by atoms with van der Waals surface area (Å²) >= 11 is 0. The molecule has 6 nitrogen and oxygen atoms in total. The van der Waals surface area contributed by atoms with Crippen LogP contribution in [0.15, 0.2) is 60.7 Å².